The first-order valence-electron chi connectivity index (χ1n) is 8.43. The van der Waals surface area contributed by atoms with Crippen LogP contribution in [0.2, 0.25) is 0 Å². The predicted molar refractivity (Wildman–Crippen MR) is 92.3 cm³/mol. The van der Waals surface area contributed by atoms with Crippen molar-refractivity contribution in [3.63, 3.8) is 0 Å². The van der Waals surface area contributed by atoms with E-state index in [9.17, 15) is 20.0 Å². The van der Waals surface area contributed by atoms with Gasteiger partial charge in [-0.1, -0.05) is 20.3 Å². The number of nitrogens with one attached hydrogen (secondary N) is 1. The molecule has 0 spiro atoms. The number of anilines is 1. The van der Waals surface area contributed by atoms with Gasteiger partial charge in [0.15, 0.2) is 0 Å². The Morgan fingerprint density at radius 1 is 1.42 bits per heavy atom. The maximum absolute atomic E-state index is 12.5. The van der Waals surface area contributed by atoms with Crippen molar-refractivity contribution in [3.8, 4) is 0 Å². The molecule has 2 unspecified atom stereocenters. The highest BCUT2D eigenvalue weighted by Gasteiger charge is 2.23. The molecule has 1 heterocycles. The van der Waals surface area contributed by atoms with Crippen LogP contribution in [0.1, 0.15) is 43.5 Å². The largest absolute Gasteiger partial charge is 0.391 e. The van der Waals surface area contributed by atoms with Crippen LogP contribution in [0.5, 0.6) is 0 Å². The van der Waals surface area contributed by atoms with Gasteiger partial charge in [0, 0.05) is 31.8 Å². The number of aliphatic hydroxyl groups is 1. The number of hydrogen-bond acceptors (Lipinski definition) is 5. The molecule has 0 bridgehead atoms. The SMILES string of the molecule is CCC(C)C(O)CNC(=O)c1cc([N+](=O)[O-])ccc1N1CCCC1. The first-order valence-corrected chi connectivity index (χ1v) is 8.43. The Morgan fingerprint density at radius 2 is 2.08 bits per heavy atom. The Bertz CT molecular complexity index is 599. The number of rotatable bonds is 7. The van der Waals surface area contributed by atoms with Crippen molar-refractivity contribution in [3.05, 3.63) is 33.9 Å². The van der Waals surface area contributed by atoms with Gasteiger partial charge < -0.3 is 15.3 Å². The van der Waals surface area contributed by atoms with E-state index in [1.807, 2.05) is 13.8 Å². The van der Waals surface area contributed by atoms with Crippen molar-refractivity contribution in [2.45, 2.75) is 39.2 Å². The molecule has 132 valence electrons. The van der Waals surface area contributed by atoms with Crippen LogP contribution < -0.4 is 10.2 Å². The monoisotopic (exact) mass is 335 g/mol. The number of carbonyl (C=O) groups is 1. The first kappa shape index (κ1) is 18.2. The van der Waals surface area contributed by atoms with Crippen LogP contribution in [0, 0.1) is 16.0 Å². The van der Waals surface area contributed by atoms with Crippen LogP contribution in [0.3, 0.4) is 0 Å². The van der Waals surface area contributed by atoms with E-state index in [1.54, 1.807) is 6.07 Å². The number of nitro benzene ring substituents is 1. The lowest BCUT2D eigenvalue weighted by Gasteiger charge is -2.22. The second-order valence-electron chi connectivity index (χ2n) is 6.32. The van der Waals surface area contributed by atoms with Crippen LogP contribution in [-0.2, 0) is 0 Å². The minimum atomic E-state index is -0.632. The number of nitrogens with zero attached hydrogens (tertiary/aromatic N) is 2. The van der Waals surface area contributed by atoms with E-state index in [2.05, 4.69) is 10.2 Å². The Kier molecular flexibility index (Phi) is 6.14. The summed E-state index contributed by atoms with van der Waals surface area (Å²) >= 11 is 0. The summed E-state index contributed by atoms with van der Waals surface area (Å²) in [6, 6.07) is 4.39. The first-order chi connectivity index (χ1) is 11.4. The minimum Gasteiger partial charge on any atom is -0.391 e. The van der Waals surface area contributed by atoms with E-state index in [0.717, 1.165) is 32.4 Å². The smallest absolute Gasteiger partial charge is 0.270 e. The van der Waals surface area contributed by atoms with Crippen LogP contribution in [-0.4, -0.2) is 41.7 Å². The van der Waals surface area contributed by atoms with Crippen LogP contribution in [0.25, 0.3) is 0 Å². The molecular formula is C17H25N3O4. The Balaban J connectivity index is 2.20. The summed E-state index contributed by atoms with van der Waals surface area (Å²) in [5.74, 6) is -0.309. The van der Waals surface area contributed by atoms with E-state index in [1.165, 1.54) is 12.1 Å². The second kappa shape index (κ2) is 8.10. The van der Waals surface area contributed by atoms with Crippen molar-refractivity contribution in [1.82, 2.24) is 5.32 Å². The zero-order chi connectivity index (χ0) is 17.7. The summed E-state index contributed by atoms with van der Waals surface area (Å²) < 4.78 is 0. The van der Waals surface area contributed by atoms with Gasteiger partial charge in [-0.15, -0.1) is 0 Å². The molecular weight excluding hydrogens is 310 g/mol. The maximum Gasteiger partial charge on any atom is 0.270 e. The fourth-order valence-electron chi connectivity index (χ4n) is 2.82. The fourth-order valence-corrected chi connectivity index (χ4v) is 2.82. The molecule has 1 aromatic rings. The molecule has 2 rings (SSSR count). The molecule has 24 heavy (non-hydrogen) atoms. The van der Waals surface area contributed by atoms with Gasteiger partial charge >= 0.3 is 0 Å². The van der Waals surface area contributed by atoms with Crippen LogP contribution in [0.4, 0.5) is 11.4 Å². The van der Waals surface area contributed by atoms with E-state index in [0.29, 0.717) is 11.3 Å². The van der Waals surface area contributed by atoms with Crippen molar-refractivity contribution in [1.29, 1.82) is 0 Å². The van der Waals surface area contributed by atoms with Gasteiger partial charge in [-0.25, -0.2) is 0 Å². The molecule has 0 aliphatic carbocycles. The normalized spacial score (nSPS) is 16.7. The lowest BCUT2D eigenvalue weighted by Crippen LogP contribution is -2.36. The third-order valence-corrected chi connectivity index (χ3v) is 4.65. The molecule has 0 saturated carbocycles. The number of carbonyl (C=O) groups excluding carboxylic acids is 1. The lowest BCUT2D eigenvalue weighted by molar-refractivity contribution is -0.384. The topological polar surface area (TPSA) is 95.7 Å². The molecule has 1 aliphatic rings. The summed E-state index contributed by atoms with van der Waals surface area (Å²) in [4.78, 5) is 25.1. The average Bonchev–Trinajstić information content (AvgIpc) is 3.12. The molecule has 2 N–H and O–H groups in total. The van der Waals surface area contributed by atoms with Gasteiger partial charge in [-0.05, 0) is 24.8 Å². The molecule has 7 heteroatoms. The standard InChI is InChI=1S/C17H25N3O4/c1-3-12(2)16(21)11-18-17(22)14-10-13(20(23)24)6-7-15(14)19-8-4-5-9-19/h6-7,10,12,16,21H,3-5,8-9,11H2,1-2H3,(H,18,22). The molecule has 0 aromatic heterocycles. The van der Waals surface area contributed by atoms with Gasteiger partial charge in [0.1, 0.15) is 0 Å². The zero-order valence-corrected chi connectivity index (χ0v) is 14.2. The van der Waals surface area contributed by atoms with Crippen molar-refractivity contribution < 1.29 is 14.8 Å². The zero-order valence-electron chi connectivity index (χ0n) is 14.2. The lowest BCUT2D eigenvalue weighted by atomic mass is 10.0. The van der Waals surface area contributed by atoms with Gasteiger partial charge in [-0.2, -0.15) is 0 Å². The summed E-state index contributed by atoms with van der Waals surface area (Å²) in [6.45, 7) is 5.71. The van der Waals surface area contributed by atoms with Gasteiger partial charge in [-0.3, -0.25) is 14.9 Å². The maximum atomic E-state index is 12.5. The highest BCUT2D eigenvalue weighted by atomic mass is 16.6. The highest BCUT2D eigenvalue weighted by molar-refractivity contribution is 6.00. The number of aliphatic hydroxyl groups excluding tert-OH is 1. The number of amides is 1. The van der Waals surface area contributed by atoms with E-state index in [-0.39, 0.29) is 24.1 Å². The molecule has 1 aliphatic heterocycles. The van der Waals surface area contributed by atoms with Gasteiger partial charge in [0.25, 0.3) is 11.6 Å². The molecule has 1 aromatic carbocycles. The van der Waals surface area contributed by atoms with E-state index >= 15 is 0 Å². The van der Waals surface area contributed by atoms with Gasteiger partial charge in [0.2, 0.25) is 0 Å². The van der Waals surface area contributed by atoms with Crippen LogP contribution in [0.15, 0.2) is 18.2 Å². The molecule has 1 amide bonds. The molecule has 1 fully saturated rings. The van der Waals surface area contributed by atoms with Crippen molar-refractivity contribution in [2.75, 3.05) is 24.5 Å². The predicted octanol–water partition coefficient (Wildman–Crippen LogP) is 2.33. The third-order valence-electron chi connectivity index (χ3n) is 4.65. The number of non-ortho nitro benzene ring substituents is 1. The number of benzene rings is 1. The van der Waals surface area contributed by atoms with Crippen molar-refractivity contribution in [2.24, 2.45) is 5.92 Å². The Labute approximate surface area is 141 Å². The van der Waals surface area contributed by atoms with E-state index < -0.39 is 11.0 Å². The summed E-state index contributed by atoms with van der Waals surface area (Å²) in [7, 11) is 0. The quantitative estimate of drug-likeness (QED) is 0.589. The number of hydrogen-bond donors (Lipinski definition) is 2. The summed E-state index contributed by atoms with van der Waals surface area (Å²) in [5, 5.41) is 23.7. The second-order valence-corrected chi connectivity index (χ2v) is 6.32. The Hall–Kier alpha value is -2.15. The summed E-state index contributed by atoms with van der Waals surface area (Å²) in [5.41, 5.74) is 0.904. The average molecular weight is 335 g/mol. The fraction of sp³-hybridized carbons (Fsp3) is 0.588. The van der Waals surface area contributed by atoms with Gasteiger partial charge in [0.05, 0.1) is 22.3 Å². The molecule has 7 nitrogen and oxygen atoms in total. The minimum absolute atomic E-state index is 0.0773. The molecule has 0 radical (unpaired) electrons. The molecule has 1 saturated heterocycles. The highest BCUT2D eigenvalue weighted by Crippen LogP contribution is 2.28. The Morgan fingerprint density at radius 3 is 2.67 bits per heavy atom. The van der Waals surface area contributed by atoms with E-state index in [4.69, 9.17) is 0 Å². The molecule has 2 atom stereocenters. The number of nitro groups is 1. The third kappa shape index (κ3) is 4.23. The van der Waals surface area contributed by atoms with Crippen LogP contribution >= 0.6 is 0 Å². The summed E-state index contributed by atoms with van der Waals surface area (Å²) in [6.07, 6.45) is 2.27. The van der Waals surface area contributed by atoms with Crippen molar-refractivity contribution >= 4 is 17.3 Å².